The van der Waals surface area contributed by atoms with Gasteiger partial charge in [-0.2, -0.15) is 0 Å². The molecule has 0 aliphatic heterocycles. The van der Waals surface area contributed by atoms with Crippen molar-refractivity contribution in [2.45, 2.75) is 0 Å². The highest BCUT2D eigenvalue weighted by molar-refractivity contribution is 6.00. The lowest BCUT2D eigenvalue weighted by Crippen LogP contribution is -2.22. The van der Waals surface area contributed by atoms with E-state index < -0.39 is 0 Å². The van der Waals surface area contributed by atoms with E-state index in [2.05, 4.69) is 15.4 Å². The standard InChI is InChI=1S/C14H12N4O2/c1-20-12-2-3-13-10(6-12)4-5-18(13)17-14(19)11-7-15-9-16-8-11/h2-9H,1H3,(H,17,19). The van der Waals surface area contributed by atoms with Crippen LogP contribution in [0.3, 0.4) is 0 Å². The maximum Gasteiger partial charge on any atom is 0.273 e. The Hall–Kier alpha value is -2.89. The van der Waals surface area contributed by atoms with Gasteiger partial charge in [0.15, 0.2) is 0 Å². The first-order valence-electron chi connectivity index (χ1n) is 5.99. The van der Waals surface area contributed by atoms with Crippen molar-refractivity contribution in [1.29, 1.82) is 0 Å². The van der Waals surface area contributed by atoms with Gasteiger partial charge < -0.3 is 4.74 Å². The van der Waals surface area contributed by atoms with Gasteiger partial charge in [0.2, 0.25) is 0 Å². The van der Waals surface area contributed by atoms with E-state index >= 15 is 0 Å². The Kier molecular flexibility index (Phi) is 3.04. The fourth-order valence-electron chi connectivity index (χ4n) is 1.94. The van der Waals surface area contributed by atoms with Crippen LogP contribution in [0, 0.1) is 0 Å². The van der Waals surface area contributed by atoms with Gasteiger partial charge in [0.1, 0.15) is 12.1 Å². The Morgan fingerprint density at radius 2 is 2.05 bits per heavy atom. The second kappa shape index (κ2) is 5.00. The maximum atomic E-state index is 12.0. The number of rotatable bonds is 3. The van der Waals surface area contributed by atoms with E-state index in [4.69, 9.17) is 4.74 Å². The van der Waals surface area contributed by atoms with E-state index in [9.17, 15) is 4.79 Å². The number of hydrogen-bond acceptors (Lipinski definition) is 4. The summed E-state index contributed by atoms with van der Waals surface area (Å²) in [5.41, 5.74) is 4.07. The van der Waals surface area contributed by atoms with Gasteiger partial charge in [-0.3, -0.25) is 14.9 Å². The Balaban J connectivity index is 1.90. The molecule has 0 radical (unpaired) electrons. The Labute approximate surface area is 115 Å². The summed E-state index contributed by atoms with van der Waals surface area (Å²) >= 11 is 0. The van der Waals surface area contributed by atoms with Crippen LogP contribution in [0.5, 0.6) is 5.75 Å². The van der Waals surface area contributed by atoms with Crippen LogP contribution < -0.4 is 10.2 Å². The molecular weight excluding hydrogens is 256 g/mol. The fraction of sp³-hybridized carbons (Fsp3) is 0.0714. The summed E-state index contributed by atoms with van der Waals surface area (Å²) in [5, 5.41) is 0.981. The van der Waals surface area contributed by atoms with Crippen molar-refractivity contribution in [3.63, 3.8) is 0 Å². The van der Waals surface area contributed by atoms with Crippen molar-refractivity contribution >= 4 is 16.8 Å². The highest BCUT2D eigenvalue weighted by Gasteiger charge is 2.08. The van der Waals surface area contributed by atoms with Crippen molar-refractivity contribution < 1.29 is 9.53 Å². The summed E-state index contributed by atoms with van der Waals surface area (Å²) in [4.78, 5) is 19.7. The van der Waals surface area contributed by atoms with Gasteiger partial charge in [0.25, 0.3) is 5.91 Å². The highest BCUT2D eigenvalue weighted by atomic mass is 16.5. The number of carbonyl (C=O) groups excluding carboxylic acids is 1. The molecule has 0 aliphatic carbocycles. The van der Waals surface area contributed by atoms with Crippen LogP contribution >= 0.6 is 0 Å². The van der Waals surface area contributed by atoms with Gasteiger partial charge in [-0.05, 0) is 24.3 Å². The van der Waals surface area contributed by atoms with Crippen LogP contribution in [-0.4, -0.2) is 27.7 Å². The summed E-state index contributed by atoms with van der Waals surface area (Å²) in [6.45, 7) is 0. The van der Waals surface area contributed by atoms with Gasteiger partial charge in [-0.25, -0.2) is 9.97 Å². The zero-order valence-electron chi connectivity index (χ0n) is 10.8. The monoisotopic (exact) mass is 268 g/mol. The third-order valence-electron chi connectivity index (χ3n) is 2.94. The molecule has 6 heteroatoms. The average Bonchev–Trinajstić information content (AvgIpc) is 2.90. The van der Waals surface area contributed by atoms with E-state index in [0.717, 1.165) is 16.7 Å². The SMILES string of the molecule is COc1ccc2c(ccn2NC(=O)c2cncnc2)c1. The molecule has 100 valence electrons. The third-order valence-corrected chi connectivity index (χ3v) is 2.94. The van der Waals surface area contributed by atoms with Crippen LogP contribution in [0.4, 0.5) is 0 Å². The zero-order valence-corrected chi connectivity index (χ0v) is 10.8. The molecule has 0 aliphatic rings. The van der Waals surface area contributed by atoms with Gasteiger partial charge in [0, 0.05) is 24.0 Å². The largest absolute Gasteiger partial charge is 0.497 e. The molecule has 0 saturated heterocycles. The Morgan fingerprint density at radius 3 is 2.80 bits per heavy atom. The number of methoxy groups -OCH3 is 1. The number of nitrogens with one attached hydrogen (secondary N) is 1. The molecule has 0 saturated carbocycles. The van der Waals surface area contributed by atoms with E-state index in [1.807, 2.05) is 24.3 Å². The lowest BCUT2D eigenvalue weighted by Gasteiger charge is -2.08. The molecular formula is C14H12N4O2. The number of nitrogens with zero attached hydrogens (tertiary/aromatic N) is 3. The van der Waals surface area contributed by atoms with E-state index in [-0.39, 0.29) is 5.91 Å². The van der Waals surface area contributed by atoms with Crippen LogP contribution in [0.25, 0.3) is 10.9 Å². The number of carbonyl (C=O) groups is 1. The van der Waals surface area contributed by atoms with Crippen molar-refractivity contribution in [3.8, 4) is 5.75 Å². The Bertz CT molecular complexity index is 752. The summed E-state index contributed by atoms with van der Waals surface area (Å²) < 4.78 is 6.83. The molecule has 2 heterocycles. The molecule has 0 spiro atoms. The fourth-order valence-corrected chi connectivity index (χ4v) is 1.94. The smallest absolute Gasteiger partial charge is 0.273 e. The predicted molar refractivity (Wildman–Crippen MR) is 74.2 cm³/mol. The van der Waals surface area contributed by atoms with Crippen molar-refractivity contribution in [2.24, 2.45) is 0 Å². The highest BCUT2D eigenvalue weighted by Crippen LogP contribution is 2.21. The van der Waals surface area contributed by atoms with Crippen LogP contribution in [0.15, 0.2) is 49.2 Å². The molecule has 0 fully saturated rings. The van der Waals surface area contributed by atoms with E-state index in [1.54, 1.807) is 18.0 Å². The quantitative estimate of drug-likeness (QED) is 0.786. The summed E-state index contributed by atoms with van der Waals surface area (Å²) in [7, 11) is 1.62. The van der Waals surface area contributed by atoms with Gasteiger partial charge in [-0.1, -0.05) is 0 Å². The molecule has 1 N–H and O–H groups in total. The number of fused-ring (bicyclic) bond motifs is 1. The van der Waals surface area contributed by atoms with Gasteiger partial charge in [0.05, 0.1) is 18.2 Å². The molecule has 0 atom stereocenters. The number of hydrogen-bond donors (Lipinski definition) is 1. The predicted octanol–water partition coefficient (Wildman–Crippen LogP) is 1.82. The normalized spacial score (nSPS) is 10.4. The van der Waals surface area contributed by atoms with Crippen LogP contribution in [0.2, 0.25) is 0 Å². The molecule has 1 amide bonds. The number of aromatic nitrogens is 3. The average molecular weight is 268 g/mol. The van der Waals surface area contributed by atoms with Crippen molar-refractivity contribution in [1.82, 2.24) is 14.6 Å². The molecule has 2 aromatic heterocycles. The number of amides is 1. The van der Waals surface area contributed by atoms with Crippen molar-refractivity contribution in [2.75, 3.05) is 12.5 Å². The number of benzene rings is 1. The topological polar surface area (TPSA) is 69.0 Å². The minimum atomic E-state index is -0.265. The summed E-state index contributed by atoms with van der Waals surface area (Å²) in [6.07, 6.45) is 6.11. The van der Waals surface area contributed by atoms with Crippen molar-refractivity contribution in [3.05, 3.63) is 54.7 Å². The zero-order chi connectivity index (χ0) is 13.9. The Morgan fingerprint density at radius 1 is 1.25 bits per heavy atom. The molecule has 3 rings (SSSR count). The lowest BCUT2D eigenvalue weighted by atomic mass is 10.2. The molecule has 0 unspecified atom stereocenters. The second-order valence-corrected chi connectivity index (χ2v) is 4.18. The first-order valence-corrected chi connectivity index (χ1v) is 5.99. The first kappa shape index (κ1) is 12.2. The molecule has 1 aromatic carbocycles. The third kappa shape index (κ3) is 2.18. The molecule has 3 aromatic rings. The molecule has 20 heavy (non-hydrogen) atoms. The summed E-state index contributed by atoms with van der Waals surface area (Å²) in [6, 6.07) is 7.54. The van der Waals surface area contributed by atoms with E-state index in [0.29, 0.717) is 5.56 Å². The van der Waals surface area contributed by atoms with Gasteiger partial charge in [-0.15, -0.1) is 0 Å². The van der Waals surface area contributed by atoms with E-state index in [1.165, 1.54) is 18.7 Å². The minimum absolute atomic E-state index is 0.265. The first-order chi connectivity index (χ1) is 9.78. The molecule has 6 nitrogen and oxygen atoms in total. The lowest BCUT2D eigenvalue weighted by molar-refractivity contribution is 0.101. The van der Waals surface area contributed by atoms with Gasteiger partial charge >= 0.3 is 0 Å². The summed E-state index contributed by atoms with van der Waals surface area (Å²) in [5.74, 6) is 0.511. The van der Waals surface area contributed by atoms with Crippen LogP contribution in [0.1, 0.15) is 10.4 Å². The number of ether oxygens (including phenoxy) is 1. The second-order valence-electron chi connectivity index (χ2n) is 4.18. The minimum Gasteiger partial charge on any atom is -0.497 e. The molecule has 0 bridgehead atoms. The maximum absolute atomic E-state index is 12.0. The van der Waals surface area contributed by atoms with Crippen LogP contribution in [-0.2, 0) is 0 Å².